The summed E-state index contributed by atoms with van der Waals surface area (Å²) in [6.07, 6.45) is 2.75. The van der Waals surface area contributed by atoms with Gasteiger partial charge in [0.1, 0.15) is 0 Å². The van der Waals surface area contributed by atoms with Gasteiger partial charge in [0.05, 0.1) is 0 Å². The summed E-state index contributed by atoms with van der Waals surface area (Å²) in [5, 5.41) is 6.67. The number of nitrogens with one attached hydrogen (secondary N) is 2. The summed E-state index contributed by atoms with van der Waals surface area (Å²) in [5.41, 5.74) is 4.63. The third-order valence-electron chi connectivity index (χ3n) is 4.80. The van der Waals surface area contributed by atoms with Crippen LogP contribution in [-0.4, -0.2) is 25.5 Å². The number of anilines is 1. The van der Waals surface area contributed by atoms with Crippen LogP contribution in [0.3, 0.4) is 0 Å². The molecule has 0 bridgehead atoms. The van der Waals surface area contributed by atoms with Gasteiger partial charge in [0.2, 0.25) is 5.91 Å². The first kappa shape index (κ1) is 19.0. The van der Waals surface area contributed by atoms with Crippen LogP contribution in [-0.2, 0) is 17.9 Å². The van der Waals surface area contributed by atoms with Crippen molar-refractivity contribution in [1.82, 2.24) is 10.6 Å². The maximum absolute atomic E-state index is 12.0. The maximum atomic E-state index is 12.0. The number of rotatable bonds is 5. The lowest BCUT2D eigenvalue weighted by atomic mass is 10.1. The largest absolute Gasteiger partial charge is 0.352 e. The van der Waals surface area contributed by atoms with Crippen LogP contribution in [0.5, 0.6) is 0 Å². The van der Waals surface area contributed by atoms with Crippen LogP contribution in [0.2, 0.25) is 0 Å². The fourth-order valence-corrected chi connectivity index (χ4v) is 3.29. The molecule has 5 heteroatoms. The molecule has 0 aromatic heterocycles. The normalized spacial score (nSPS) is 15.0. The number of hydrogen-bond acceptors (Lipinski definition) is 2. The Bertz CT molecular complexity index is 798. The zero-order chi connectivity index (χ0) is 19.1. The Balaban J connectivity index is 1.51. The fraction of sp³-hybridized carbons (Fsp3) is 0.364. The molecular weight excluding hydrogens is 336 g/mol. The van der Waals surface area contributed by atoms with Gasteiger partial charge in [0.15, 0.2) is 5.96 Å². The zero-order valence-corrected chi connectivity index (χ0v) is 16.2. The molecule has 1 saturated heterocycles. The van der Waals surface area contributed by atoms with Gasteiger partial charge in [-0.15, -0.1) is 0 Å². The van der Waals surface area contributed by atoms with E-state index in [4.69, 9.17) is 0 Å². The van der Waals surface area contributed by atoms with Crippen LogP contribution in [0.4, 0.5) is 5.69 Å². The first-order valence-corrected chi connectivity index (χ1v) is 9.55. The van der Waals surface area contributed by atoms with Crippen molar-refractivity contribution >= 4 is 17.6 Å². The number of aliphatic imine (C=N–C) groups is 1. The van der Waals surface area contributed by atoms with Crippen LogP contribution in [0.1, 0.15) is 36.0 Å². The number of hydrogen-bond donors (Lipinski definition) is 2. The third-order valence-corrected chi connectivity index (χ3v) is 4.80. The minimum absolute atomic E-state index is 0.230. The van der Waals surface area contributed by atoms with Gasteiger partial charge in [0, 0.05) is 38.8 Å². The summed E-state index contributed by atoms with van der Waals surface area (Å²) in [7, 11) is 1.77. The maximum Gasteiger partial charge on any atom is 0.226 e. The van der Waals surface area contributed by atoms with Gasteiger partial charge in [0.25, 0.3) is 0 Å². The summed E-state index contributed by atoms with van der Waals surface area (Å²) < 4.78 is 0. The van der Waals surface area contributed by atoms with E-state index in [1.807, 2.05) is 17.0 Å². The number of carbonyl (C=O) groups is 1. The van der Waals surface area contributed by atoms with Gasteiger partial charge in [-0.1, -0.05) is 42.0 Å². The SMILES string of the molecule is CN=C(NCc1ccc(N2CCCCC2=O)cc1)NCc1cccc(C)c1. The molecule has 1 fully saturated rings. The number of nitrogens with zero attached hydrogens (tertiary/aromatic N) is 2. The highest BCUT2D eigenvalue weighted by atomic mass is 16.2. The van der Waals surface area contributed by atoms with Crippen LogP contribution in [0.25, 0.3) is 0 Å². The Morgan fingerprint density at radius 1 is 1.04 bits per heavy atom. The number of guanidine groups is 1. The summed E-state index contributed by atoms with van der Waals surface area (Å²) in [6.45, 7) is 4.34. The predicted octanol–water partition coefficient (Wildman–Crippen LogP) is 3.38. The van der Waals surface area contributed by atoms with E-state index in [9.17, 15) is 4.79 Å². The number of piperidine rings is 1. The van der Waals surface area contributed by atoms with Crippen LogP contribution in [0.15, 0.2) is 53.5 Å². The van der Waals surface area contributed by atoms with Crippen molar-refractivity contribution in [1.29, 1.82) is 0 Å². The first-order valence-electron chi connectivity index (χ1n) is 9.55. The van der Waals surface area contributed by atoms with E-state index >= 15 is 0 Å². The van der Waals surface area contributed by atoms with Gasteiger partial charge in [-0.3, -0.25) is 9.79 Å². The van der Waals surface area contributed by atoms with E-state index in [0.29, 0.717) is 13.0 Å². The Labute approximate surface area is 161 Å². The molecule has 0 atom stereocenters. The van der Waals surface area contributed by atoms with Crippen molar-refractivity contribution in [2.24, 2.45) is 4.99 Å². The summed E-state index contributed by atoms with van der Waals surface area (Å²) >= 11 is 0. The Morgan fingerprint density at radius 2 is 1.78 bits per heavy atom. The Kier molecular flexibility index (Phi) is 6.47. The lowest BCUT2D eigenvalue weighted by molar-refractivity contribution is -0.119. The van der Waals surface area contributed by atoms with Crippen molar-refractivity contribution in [2.75, 3.05) is 18.5 Å². The first-order chi connectivity index (χ1) is 13.2. The van der Waals surface area contributed by atoms with E-state index in [2.05, 4.69) is 58.9 Å². The molecular formula is C22H28N4O. The molecule has 0 saturated carbocycles. The number of carbonyl (C=O) groups excluding carboxylic acids is 1. The Hall–Kier alpha value is -2.82. The second kappa shape index (κ2) is 9.21. The lowest BCUT2D eigenvalue weighted by Crippen LogP contribution is -2.36. The van der Waals surface area contributed by atoms with Crippen LogP contribution < -0.4 is 15.5 Å². The van der Waals surface area contributed by atoms with Crippen molar-refractivity contribution in [3.8, 4) is 0 Å². The second-order valence-corrected chi connectivity index (χ2v) is 6.94. The standard InChI is InChI=1S/C22H28N4O/c1-17-6-5-7-19(14-17)16-25-22(23-2)24-15-18-9-11-20(12-10-18)26-13-4-3-8-21(26)27/h5-7,9-12,14H,3-4,8,13,15-16H2,1-2H3,(H2,23,24,25). The smallest absolute Gasteiger partial charge is 0.226 e. The highest BCUT2D eigenvalue weighted by molar-refractivity contribution is 5.93. The molecule has 0 aliphatic carbocycles. The monoisotopic (exact) mass is 364 g/mol. The minimum atomic E-state index is 0.230. The summed E-state index contributed by atoms with van der Waals surface area (Å²) in [4.78, 5) is 18.2. The molecule has 5 nitrogen and oxygen atoms in total. The fourth-order valence-electron chi connectivity index (χ4n) is 3.29. The molecule has 3 rings (SSSR count). The lowest BCUT2D eigenvalue weighted by Gasteiger charge is -2.26. The summed E-state index contributed by atoms with van der Waals surface area (Å²) in [5.74, 6) is 1.000. The number of benzene rings is 2. The molecule has 0 radical (unpaired) electrons. The average molecular weight is 364 g/mol. The molecule has 2 aromatic rings. The molecule has 1 amide bonds. The molecule has 2 N–H and O–H groups in total. The third kappa shape index (κ3) is 5.33. The molecule has 1 aliphatic heterocycles. The Morgan fingerprint density at radius 3 is 2.44 bits per heavy atom. The van der Waals surface area contributed by atoms with E-state index in [1.54, 1.807) is 7.05 Å². The van der Waals surface area contributed by atoms with Crippen LogP contribution in [0, 0.1) is 6.92 Å². The average Bonchev–Trinajstić information content (AvgIpc) is 2.69. The van der Waals surface area contributed by atoms with Gasteiger partial charge < -0.3 is 15.5 Å². The molecule has 1 heterocycles. The topological polar surface area (TPSA) is 56.7 Å². The van der Waals surface area contributed by atoms with Gasteiger partial charge in [-0.2, -0.15) is 0 Å². The molecule has 142 valence electrons. The van der Waals surface area contributed by atoms with Crippen molar-refractivity contribution in [3.05, 3.63) is 65.2 Å². The van der Waals surface area contributed by atoms with E-state index in [1.165, 1.54) is 11.1 Å². The van der Waals surface area contributed by atoms with Crippen molar-refractivity contribution in [3.63, 3.8) is 0 Å². The molecule has 0 spiro atoms. The van der Waals surface area contributed by atoms with E-state index in [-0.39, 0.29) is 5.91 Å². The molecule has 0 unspecified atom stereocenters. The van der Waals surface area contributed by atoms with Crippen molar-refractivity contribution in [2.45, 2.75) is 39.3 Å². The van der Waals surface area contributed by atoms with Gasteiger partial charge in [-0.25, -0.2) is 0 Å². The highest BCUT2D eigenvalue weighted by Gasteiger charge is 2.19. The van der Waals surface area contributed by atoms with Gasteiger partial charge in [-0.05, 0) is 43.0 Å². The number of aryl methyl sites for hydroxylation is 1. The predicted molar refractivity (Wildman–Crippen MR) is 111 cm³/mol. The molecule has 1 aliphatic rings. The summed E-state index contributed by atoms with van der Waals surface area (Å²) in [6, 6.07) is 16.6. The van der Waals surface area contributed by atoms with E-state index in [0.717, 1.165) is 43.1 Å². The highest BCUT2D eigenvalue weighted by Crippen LogP contribution is 2.21. The van der Waals surface area contributed by atoms with Crippen LogP contribution >= 0.6 is 0 Å². The molecule has 2 aromatic carbocycles. The molecule has 27 heavy (non-hydrogen) atoms. The zero-order valence-electron chi connectivity index (χ0n) is 16.2. The quantitative estimate of drug-likeness (QED) is 0.632. The van der Waals surface area contributed by atoms with Crippen molar-refractivity contribution < 1.29 is 4.79 Å². The number of amides is 1. The van der Waals surface area contributed by atoms with E-state index < -0.39 is 0 Å². The van der Waals surface area contributed by atoms with Gasteiger partial charge >= 0.3 is 0 Å². The second-order valence-electron chi connectivity index (χ2n) is 6.94. The minimum Gasteiger partial charge on any atom is -0.352 e.